The number of aliphatic hydroxyl groups excluding tert-OH is 1. The fourth-order valence-corrected chi connectivity index (χ4v) is 3.47. The van der Waals surface area contributed by atoms with Crippen molar-refractivity contribution >= 4 is 17.4 Å². The maximum absolute atomic E-state index is 9.45. The van der Waals surface area contributed by atoms with Crippen molar-refractivity contribution in [2.24, 2.45) is 5.92 Å². The molecule has 0 aromatic heterocycles. The van der Waals surface area contributed by atoms with Crippen LogP contribution in [0.15, 0.2) is 24.3 Å². The molecule has 0 aliphatic carbocycles. The van der Waals surface area contributed by atoms with E-state index in [0.717, 1.165) is 5.69 Å². The van der Waals surface area contributed by atoms with Gasteiger partial charge in [-0.2, -0.15) is 11.8 Å². The highest BCUT2D eigenvalue weighted by atomic mass is 32.2. The lowest BCUT2D eigenvalue weighted by molar-refractivity contribution is 0.245. The molecule has 1 aromatic rings. The average molecular weight is 237 g/mol. The molecule has 1 aliphatic heterocycles. The molecule has 0 saturated carbocycles. The number of hydrogen-bond donors (Lipinski definition) is 2. The van der Waals surface area contributed by atoms with Gasteiger partial charge in [0.25, 0.3) is 0 Å². The monoisotopic (exact) mass is 237 g/mol. The maximum atomic E-state index is 9.45. The number of benzene rings is 1. The van der Waals surface area contributed by atoms with Gasteiger partial charge >= 0.3 is 0 Å². The second-order valence-corrected chi connectivity index (χ2v) is 5.58. The minimum Gasteiger partial charge on any atom is -0.394 e. The van der Waals surface area contributed by atoms with Crippen LogP contribution < -0.4 is 5.32 Å². The molecular formula is C13H19NOS. The van der Waals surface area contributed by atoms with Gasteiger partial charge in [-0.25, -0.2) is 0 Å². The van der Waals surface area contributed by atoms with Crippen molar-refractivity contribution in [1.82, 2.24) is 0 Å². The van der Waals surface area contributed by atoms with E-state index in [0.29, 0.717) is 5.92 Å². The second-order valence-electron chi connectivity index (χ2n) is 4.43. The molecule has 1 saturated heterocycles. The van der Waals surface area contributed by atoms with Crippen molar-refractivity contribution in [3.05, 3.63) is 29.8 Å². The zero-order chi connectivity index (χ0) is 11.4. The lowest BCUT2D eigenvalue weighted by Gasteiger charge is -2.23. The summed E-state index contributed by atoms with van der Waals surface area (Å²) >= 11 is 1.99. The van der Waals surface area contributed by atoms with Crippen LogP contribution in [0.5, 0.6) is 0 Å². The van der Waals surface area contributed by atoms with Crippen LogP contribution in [-0.4, -0.2) is 29.3 Å². The number of aliphatic hydroxyl groups is 1. The summed E-state index contributed by atoms with van der Waals surface area (Å²) < 4.78 is 0. The first-order valence-electron chi connectivity index (χ1n) is 5.81. The Bertz CT molecular complexity index is 336. The molecule has 2 unspecified atom stereocenters. The van der Waals surface area contributed by atoms with Gasteiger partial charge in [0.05, 0.1) is 12.6 Å². The molecule has 1 fully saturated rings. The van der Waals surface area contributed by atoms with Crippen LogP contribution in [-0.2, 0) is 0 Å². The molecule has 2 atom stereocenters. The van der Waals surface area contributed by atoms with Gasteiger partial charge in [0.2, 0.25) is 0 Å². The van der Waals surface area contributed by atoms with Gasteiger partial charge in [0.15, 0.2) is 0 Å². The number of aryl methyl sites for hydroxylation is 1. The Labute approximate surface area is 101 Å². The predicted molar refractivity (Wildman–Crippen MR) is 71.1 cm³/mol. The summed E-state index contributed by atoms with van der Waals surface area (Å²) in [6.07, 6.45) is 1.22. The Morgan fingerprint density at radius 1 is 1.56 bits per heavy atom. The van der Waals surface area contributed by atoms with E-state index in [1.54, 1.807) is 0 Å². The van der Waals surface area contributed by atoms with Crippen molar-refractivity contribution in [3.63, 3.8) is 0 Å². The Morgan fingerprint density at radius 3 is 3.06 bits per heavy atom. The van der Waals surface area contributed by atoms with Gasteiger partial charge in [0, 0.05) is 5.69 Å². The van der Waals surface area contributed by atoms with E-state index in [-0.39, 0.29) is 12.6 Å². The van der Waals surface area contributed by atoms with Gasteiger partial charge in [-0.1, -0.05) is 12.1 Å². The highest BCUT2D eigenvalue weighted by Crippen LogP contribution is 2.27. The fourth-order valence-electron chi connectivity index (χ4n) is 2.13. The van der Waals surface area contributed by atoms with Crippen LogP contribution in [0.4, 0.5) is 5.69 Å². The van der Waals surface area contributed by atoms with Crippen LogP contribution in [0.25, 0.3) is 0 Å². The molecule has 0 spiro atoms. The SMILES string of the molecule is Cc1cccc(NC(CO)C2CCSC2)c1. The topological polar surface area (TPSA) is 32.3 Å². The first-order chi connectivity index (χ1) is 7.79. The molecule has 88 valence electrons. The molecule has 0 amide bonds. The second kappa shape index (κ2) is 5.60. The Hall–Kier alpha value is -0.670. The molecular weight excluding hydrogens is 218 g/mol. The van der Waals surface area contributed by atoms with Crippen LogP contribution in [0.2, 0.25) is 0 Å². The lowest BCUT2D eigenvalue weighted by Crippen LogP contribution is -2.32. The van der Waals surface area contributed by atoms with Gasteiger partial charge in [-0.15, -0.1) is 0 Å². The highest BCUT2D eigenvalue weighted by molar-refractivity contribution is 7.99. The summed E-state index contributed by atoms with van der Waals surface area (Å²) in [6.45, 7) is 2.31. The summed E-state index contributed by atoms with van der Waals surface area (Å²) in [6, 6.07) is 8.54. The summed E-state index contributed by atoms with van der Waals surface area (Å²) in [4.78, 5) is 0. The normalized spacial score (nSPS) is 22.0. The van der Waals surface area contributed by atoms with Crippen molar-refractivity contribution in [1.29, 1.82) is 0 Å². The van der Waals surface area contributed by atoms with E-state index in [1.165, 1.54) is 23.5 Å². The minimum atomic E-state index is 0.205. The van der Waals surface area contributed by atoms with Crippen LogP contribution in [0.3, 0.4) is 0 Å². The standard InChI is InChI=1S/C13H19NOS/c1-10-3-2-4-12(7-10)14-13(8-15)11-5-6-16-9-11/h2-4,7,11,13-15H,5-6,8-9H2,1H3. The number of thioether (sulfide) groups is 1. The Kier molecular flexibility index (Phi) is 4.13. The fraction of sp³-hybridized carbons (Fsp3) is 0.538. The zero-order valence-corrected chi connectivity index (χ0v) is 10.5. The smallest absolute Gasteiger partial charge is 0.0635 e. The van der Waals surface area contributed by atoms with E-state index < -0.39 is 0 Å². The van der Waals surface area contributed by atoms with Crippen LogP contribution >= 0.6 is 11.8 Å². The molecule has 1 heterocycles. The van der Waals surface area contributed by atoms with Gasteiger partial charge in [0.1, 0.15) is 0 Å². The van der Waals surface area contributed by atoms with Crippen molar-refractivity contribution in [3.8, 4) is 0 Å². The Balaban J connectivity index is 2.00. The Morgan fingerprint density at radius 2 is 2.44 bits per heavy atom. The first kappa shape index (κ1) is 11.8. The third kappa shape index (κ3) is 2.92. The molecule has 2 N–H and O–H groups in total. The third-order valence-electron chi connectivity index (χ3n) is 3.10. The number of rotatable bonds is 4. The van der Waals surface area contributed by atoms with Crippen molar-refractivity contribution in [2.45, 2.75) is 19.4 Å². The van der Waals surface area contributed by atoms with E-state index >= 15 is 0 Å². The predicted octanol–water partition coefficient (Wildman–Crippen LogP) is 2.52. The molecule has 1 aliphatic rings. The summed E-state index contributed by atoms with van der Waals surface area (Å²) in [5.41, 5.74) is 2.37. The van der Waals surface area contributed by atoms with Crippen LogP contribution in [0.1, 0.15) is 12.0 Å². The van der Waals surface area contributed by atoms with E-state index in [9.17, 15) is 5.11 Å². The van der Waals surface area contributed by atoms with E-state index in [2.05, 4.69) is 36.5 Å². The largest absolute Gasteiger partial charge is 0.394 e. The third-order valence-corrected chi connectivity index (χ3v) is 4.29. The maximum Gasteiger partial charge on any atom is 0.0635 e. The zero-order valence-electron chi connectivity index (χ0n) is 9.65. The lowest BCUT2D eigenvalue weighted by atomic mass is 9.99. The first-order valence-corrected chi connectivity index (χ1v) is 6.97. The van der Waals surface area contributed by atoms with E-state index in [4.69, 9.17) is 0 Å². The highest BCUT2D eigenvalue weighted by Gasteiger charge is 2.24. The van der Waals surface area contributed by atoms with Gasteiger partial charge in [-0.05, 0) is 48.5 Å². The van der Waals surface area contributed by atoms with Gasteiger partial charge in [-0.3, -0.25) is 0 Å². The number of anilines is 1. The molecule has 0 bridgehead atoms. The van der Waals surface area contributed by atoms with E-state index in [1.807, 2.05) is 11.8 Å². The van der Waals surface area contributed by atoms with Crippen molar-refractivity contribution < 1.29 is 5.11 Å². The molecule has 1 aromatic carbocycles. The summed E-state index contributed by atoms with van der Waals surface area (Å²) in [5, 5.41) is 12.9. The quantitative estimate of drug-likeness (QED) is 0.844. The molecule has 16 heavy (non-hydrogen) atoms. The van der Waals surface area contributed by atoms with Crippen LogP contribution in [0, 0.1) is 12.8 Å². The molecule has 3 heteroatoms. The molecule has 2 nitrogen and oxygen atoms in total. The summed E-state index contributed by atoms with van der Waals surface area (Å²) in [7, 11) is 0. The average Bonchev–Trinajstić information content (AvgIpc) is 2.79. The number of nitrogens with one attached hydrogen (secondary N) is 1. The summed E-state index contributed by atoms with van der Waals surface area (Å²) in [5.74, 6) is 3.01. The minimum absolute atomic E-state index is 0.205. The molecule has 0 radical (unpaired) electrons. The molecule has 2 rings (SSSR count). The van der Waals surface area contributed by atoms with Gasteiger partial charge < -0.3 is 10.4 Å². The van der Waals surface area contributed by atoms with Crippen molar-refractivity contribution in [2.75, 3.05) is 23.4 Å². The number of hydrogen-bond acceptors (Lipinski definition) is 3.